The molecule has 128 valence electrons. The summed E-state index contributed by atoms with van der Waals surface area (Å²) < 4.78 is 5.41. The zero-order valence-electron chi connectivity index (χ0n) is 13.7. The average Bonchev–Trinajstić information content (AvgIpc) is 2.60. The topological polar surface area (TPSA) is 77.2 Å². The van der Waals surface area contributed by atoms with E-state index in [-0.39, 0.29) is 23.9 Å². The van der Waals surface area contributed by atoms with Crippen molar-refractivity contribution in [1.82, 2.24) is 4.90 Å². The predicted molar refractivity (Wildman–Crippen MR) is 91.2 cm³/mol. The van der Waals surface area contributed by atoms with Crippen molar-refractivity contribution in [2.75, 3.05) is 31.1 Å². The fourth-order valence-corrected chi connectivity index (χ4v) is 2.90. The van der Waals surface area contributed by atoms with Gasteiger partial charge in [-0.2, -0.15) is 0 Å². The Labute approximate surface area is 140 Å². The van der Waals surface area contributed by atoms with Gasteiger partial charge in [0.1, 0.15) is 12.4 Å². The van der Waals surface area contributed by atoms with Crippen LogP contribution in [-0.4, -0.2) is 41.3 Å². The molecule has 0 bridgehead atoms. The molecular formula is C18H22N2O4. The summed E-state index contributed by atoms with van der Waals surface area (Å²) in [6.07, 6.45) is 0. The van der Waals surface area contributed by atoms with Crippen LogP contribution >= 0.6 is 0 Å². The summed E-state index contributed by atoms with van der Waals surface area (Å²) in [6, 6.07) is 9.58. The molecule has 1 saturated heterocycles. The Hall–Kier alpha value is -2.31. The van der Waals surface area contributed by atoms with Crippen LogP contribution in [0.1, 0.15) is 17.1 Å². The van der Waals surface area contributed by atoms with Gasteiger partial charge in [0.2, 0.25) is 11.2 Å². The van der Waals surface area contributed by atoms with E-state index in [2.05, 4.69) is 41.0 Å². The van der Waals surface area contributed by atoms with Crippen LogP contribution in [-0.2, 0) is 13.2 Å². The van der Waals surface area contributed by atoms with E-state index >= 15 is 0 Å². The Morgan fingerprint density at radius 3 is 2.42 bits per heavy atom. The minimum atomic E-state index is -0.515. The lowest BCUT2D eigenvalue weighted by atomic mass is 10.2. The Morgan fingerprint density at radius 2 is 1.79 bits per heavy atom. The third kappa shape index (κ3) is 3.60. The van der Waals surface area contributed by atoms with E-state index < -0.39 is 5.43 Å². The third-order valence-electron chi connectivity index (χ3n) is 4.34. The molecule has 0 atom stereocenters. The molecule has 0 spiro atoms. The highest BCUT2D eigenvalue weighted by atomic mass is 16.4. The summed E-state index contributed by atoms with van der Waals surface area (Å²) in [5.41, 5.74) is 1.93. The van der Waals surface area contributed by atoms with Gasteiger partial charge in [0, 0.05) is 37.9 Å². The van der Waals surface area contributed by atoms with Gasteiger partial charge in [-0.15, -0.1) is 0 Å². The third-order valence-corrected chi connectivity index (χ3v) is 4.34. The summed E-state index contributed by atoms with van der Waals surface area (Å²) in [4.78, 5) is 16.1. The van der Waals surface area contributed by atoms with Crippen molar-refractivity contribution >= 4 is 5.69 Å². The minimum absolute atomic E-state index is 0.172. The van der Waals surface area contributed by atoms with E-state index in [0.29, 0.717) is 6.54 Å². The van der Waals surface area contributed by atoms with E-state index in [1.54, 1.807) is 0 Å². The molecule has 0 aliphatic carbocycles. The van der Waals surface area contributed by atoms with Gasteiger partial charge >= 0.3 is 0 Å². The van der Waals surface area contributed by atoms with Crippen LogP contribution in [0.4, 0.5) is 5.69 Å². The largest absolute Gasteiger partial charge is 0.502 e. The highest BCUT2D eigenvalue weighted by molar-refractivity contribution is 5.47. The van der Waals surface area contributed by atoms with E-state index in [4.69, 9.17) is 9.52 Å². The number of aryl methyl sites for hydroxylation is 1. The summed E-state index contributed by atoms with van der Waals surface area (Å²) in [5, 5.41) is 19.0. The number of benzene rings is 1. The van der Waals surface area contributed by atoms with Crippen molar-refractivity contribution in [3.05, 3.63) is 57.6 Å². The molecule has 1 aliphatic rings. The van der Waals surface area contributed by atoms with Crippen LogP contribution in [0.3, 0.4) is 0 Å². The molecule has 1 aromatic carbocycles. The van der Waals surface area contributed by atoms with Gasteiger partial charge in [-0.05, 0) is 19.1 Å². The molecule has 6 nitrogen and oxygen atoms in total. The van der Waals surface area contributed by atoms with Crippen molar-refractivity contribution in [1.29, 1.82) is 0 Å². The molecule has 1 fully saturated rings. The zero-order chi connectivity index (χ0) is 17.1. The number of hydrogen-bond donors (Lipinski definition) is 2. The van der Waals surface area contributed by atoms with Crippen LogP contribution in [0.2, 0.25) is 0 Å². The van der Waals surface area contributed by atoms with E-state index in [1.807, 2.05) is 0 Å². The highest BCUT2D eigenvalue weighted by Gasteiger charge is 2.20. The number of rotatable bonds is 4. The monoisotopic (exact) mass is 330 g/mol. The van der Waals surface area contributed by atoms with Crippen LogP contribution in [0, 0.1) is 6.92 Å². The summed E-state index contributed by atoms with van der Waals surface area (Å²) >= 11 is 0. The van der Waals surface area contributed by atoms with Gasteiger partial charge in [-0.1, -0.05) is 17.7 Å². The van der Waals surface area contributed by atoms with Crippen LogP contribution in [0.5, 0.6) is 5.75 Å². The van der Waals surface area contributed by atoms with E-state index in [0.717, 1.165) is 32.2 Å². The summed E-state index contributed by atoms with van der Waals surface area (Å²) in [5.74, 6) is 0.0228. The lowest BCUT2D eigenvalue weighted by molar-refractivity contribution is 0.200. The molecule has 0 saturated carbocycles. The first-order chi connectivity index (χ1) is 11.6. The number of aliphatic hydroxyl groups excluding tert-OH is 1. The van der Waals surface area contributed by atoms with Crippen molar-refractivity contribution in [2.45, 2.75) is 20.1 Å². The second-order valence-electron chi connectivity index (χ2n) is 6.11. The van der Waals surface area contributed by atoms with Gasteiger partial charge in [0.05, 0.1) is 6.54 Å². The maximum absolute atomic E-state index is 11.7. The van der Waals surface area contributed by atoms with Crippen LogP contribution in [0.15, 0.2) is 39.5 Å². The van der Waals surface area contributed by atoms with Crippen LogP contribution in [0.25, 0.3) is 0 Å². The van der Waals surface area contributed by atoms with Crippen molar-refractivity contribution in [2.24, 2.45) is 0 Å². The lowest BCUT2D eigenvalue weighted by Crippen LogP contribution is -2.46. The first kappa shape index (κ1) is 16.5. The molecule has 3 rings (SSSR count). The molecular weight excluding hydrogens is 308 g/mol. The molecule has 24 heavy (non-hydrogen) atoms. The van der Waals surface area contributed by atoms with E-state index in [1.165, 1.54) is 11.3 Å². The Balaban J connectivity index is 1.64. The minimum Gasteiger partial charge on any atom is -0.502 e. The maximum atomic E-state index is 11.7. The molecule has 0 radical (unpaired) electrons. The number of hydrogen-bond acceptors (Lipinski definition) is 6. The molecule has 2 heterocycles. The second kappa shape index (κ2) is 7.07. The molecule has 1 aromatic heterocycles. The van der Waals surface area contributed by atoms with Crippen molar-refractivity contribution in [3.63, 3.8) is 0 Å². The normalized spacial score (nSPS) is 15.7. The fourth-order valence-electron chi connectivity index (χ4n) is 2.90. The van der Waals surface area contributed by atoms with Crippen LogP contribution < -0.4 is 10.3 Å². The smallest absolute Gasteiger partial charge is 0.227 e. The molecule has 6 heteroatoms. The first-order valence-electron chi connectivity index (χ1n) is 8.06. The molecule has 1 aliphatic heterocycles. The van der Waals surface area contributed by atoms with Crippen molar-refractivity contribution < 1.29 is 14.6 Å². The van der Waals surface area contributed by atoms with Gasteiger partial charge in [-0.3, -0.25) is 9.69 Å². The standard InChI is InChI=1S/C18H22N2O4/c1-13-2-4-14(5-3-13)20-8-6-19(7-9-20)11-17-18(23)16(22)10-15(12-21)24-17/h2-5,10,21,23H,6-9,11-12H2,1H3. The SMILES string of the molecule is Cc1ccc(N2CCN(Cc3oc(CO)cc(=O)c3O)CC2)cc1. The number of nitrogens with zero attached hydrogens (tertiary/aromatic N) is 2. The average molecular weight is 330 g/mol. The summed E-state index contributed by atoms with van der Waals surface area (Å²) in [7, 11) is 0. The Morgan fingerprint density at radius 1 is 1.12 bits per heavy atom. The molecule has 0 unspecified atom stereocenters. The predicted octanol–water partition coefficient (Wildman–Crippen LogP) is 1.47. The zero-order valence-corrected chi connectivity index (χ0v) is 13.7. The Bertz CT molecular complexity index is 747. The number of aliphatic hydroxyl groups is 1. The quantitative estimate of drug-likeness (QED) is 0.884. The van der Waals surface area contributed by atoms with E-state index in [9.17, 15) is 9.90 Å². The molecule has 0 amide bonds. The highest BCUT2D eigenvalue weighted by Crippen LogP contribution is 2.20. The second-order valence-corrected chi connectivity index (χ2v) is 6.11. The van der Waals surface area contributed by atoms with Gasteiger partial charge < -0.3 is 19.5 Å². The molecule has 2 aromatic rings. The molecule has 2 N–H and O–H groups in total. The first-order valence-corrected chi connectivity index (χ1v) is 8.06. The summed E-state index contributed by atoms with van der Waals surface area (Å²) in [6.45, 7) is 5.42. The number of piperazine rings is 1. The maximum Gasteiger partial charge on any atom is 0.227 e. The van der Waals surface area contributed by atoms with Crippen molar-refractivity contribution in [3.8, 4) is 5.75 Å². The number of anilines is 1. The van der Waals surface area contributed by atoms with Gasteiger partial charge in [-0.25, -0.2) is 0 Å². The Kier molecular flexibility index (Phi) is 4.87. The number of aromatic hydroxyl groups is 1. The lowest BCUT2D eigenvalue weighted by Gasteiger charge is -2.35. The fraction of sp³-hybridized carbons (Fsp3) is 0.389. The van der Waals surface area contributed by atoms with Gasteiger partial charge in [0.25, 0.3) is 0 Å². The van der Waals surface area contributed by atoms with Gasteiger partial charge in [0.15, 0.2) is 5.76 Å².